The van der Waals surface area contributed by atoms with Crippen LogP contribution in [-0.2, 0) is 9.53 Å². The number of esters is 1. The number of ether oxygens (including phenoxy) is 1. The maximum atomic E-state index is 11.3. The lowest BCUT2D eigenvalue weighted by atomic mass is 10.1. The molecule has 0 radical (unpaired) electrons. The summed E-state index contributed by atoms with van der Waals surface area (Å²) in [6.07, 6.45) is 4.16. The summed E-state index contributed by atoms with van der Waals surface area (Å²) in [6.45, 7) is 5.50. The highest BCUT2D eigenvalue weighted by molar-refractivity contribution is 7.99. The smallest absolute Gasteiger partial charge is 0.306 e. The number of carbonyl (C=O) groups is 1. The average Bonchev–Trinajstić information content (AvgIpc) is 3.06. The van der Waals surface area contributed by atoms with E-state index >= 15 is 0 Å². The van der Waals surface area contributed by atoms with Crippen molar-refractivity contribution in [1.29, 1.82) is 0 Å². The van der Waals surface area contributed by atoms with Gasteiger partial charge in [0.2, 0.25) is 0 Å². The van der Waals surface area contributed by atoms with Gasteiger partial charge in [0.1, 0.15) is 0 Å². The number of rotatable bonds is 9. The van der Waals surface area contributed by atoms with Crippen molar-refractivity contribution < 1.29 is 9.53 Å². The summed E-state index contributed by atoms with van der Waals surface area (Å²) in [6, 6.07) is 0.564. The minimum absolute atomic E-state index is 0.0553. The molecule has 1 unspecified atom stereocenters. The minimum atomic E-state index is -0.0553. The van der Waals surface area contributed by atoms with Crippen molar-refractivity contribution in [3.63, 3.8) is 0 Å². The largest absolute Gasteiger partial charge is 0.469 e. The average molecular weight is 259 g/mol. The van der Waals surface area contributed by atoms with Crippen molar-refractivity contribution in [3.8, 4) is 0 Å². The number of thioether (sulfide) groups is 1. The van der Waals surface area contributed by atoms with Gasteiger partial charge in [-0.1, -0.05) is 6.92 Å². The van der Waals surface area contributed by atoms with E-state index in [9.17, 15) is 4.79 Å². The maximum Gasteiger partial charge on any atom is 0.306 e. The first kappa shape index (κ1) is 14.8. The predicted octanol–water partition coefficient (Wildman–Crippen LogP) is 2.45. The van der Waals surface area contributed by atoms with Gasteiger partial charge in [0.05, 0.1) is 13.5 Å². The van der Waals surface area contributed by atoms with Gasteiger partial charge in [0, 0.05) is 11.8 Å². The van der Waals surface area contributed by atoms with Crippen LogP contribution in [-0.4, -0.2) is 37.2 Å². The van der Waals surface area contributed by atoms with E-state index in [1.807, 2.05) is 11.8 Å². The predicted molar refractivity (Wildman–Crippen MR) is 73.4 cm³/mol. The molecule has 100 valence electrons. The molecule has 0 amide bonds. The molecule has 4 heteroatoms. The van der Waals surface area contributed by atoms with Crippen LogP contribution in [0.15, 0.2) is 0 Å². The molecule has 3 nitrogen and oxygen atoms in total. The molecule has 0 aliphatic heterocycles. The van der Waals surface area contributed by atoms with E-state index in [0.29, 0.717) is 12.5 Å². The Balaban J connectivity index is 2.11. The molecule has 1 aliphatic carbocycles. The van der Waals surface area contributed by atoms with Crippen LogP contribution in [0.25, 0.3) is 0 Å². The van der Waals surface area contributed by atoms with Crippen LogP contribution < -0.4 is 5.32 Å². The van der Waals surface area contributed by atoms with Crippen molar-refractivity contribution >= 4 is 17.7 Å². The van der Waals surface area contributed by atoms with Gasteiger partial charge in [-0.25, -0.2) is 0 Å². The first-order valence-corrected chi connectivity index (χ1v) is 7.65. The summed E-state index contributed by atoms with van der Waals surface area (Å²) in [4.78, 5) is 11.3. The van der Waals surface area contributed by atoms with E-state index in [1.54, 1.807) is 0 Å². The zero-order valence-corrected chi connectivity index (χ0v) is 12.1. The molecule has 17 heavy (non-hydrogen) atoms. The van der Waals surface area contributed by atoms with Gasteiger partial charge in [0.15, 0.2) is 0 Å². The zero-order valence-electron chi connectivity index (χ0n) is 11.3. The lowest BCUT2D eigenvalue weighted by Crippen LogP contribution is -2.29. The number of carbonyl (C=O) groups excluding carboxylic acids is 1. The second kappa shape index (κ2) is 7.27. The van der Waals surface area contributed by atoms with Crippen LogP contribution in [0.5, 0.6) is 0 Å². The Hall–Kier alpha value is -0.220. The molecule has 1 rings (SSSR count). The zero-order chi connectivity index (χ0) is 12.7. The summed E-state index contributed by atoms with van der Waals surface area (Å²) < 4.78 is 4.75. The van der Waals surface area contributed by atoms with Gasteiger partial charge in [-0.3, -0.25) is 4.79 Å². The summed E-state index contributed by atoms with van der Waals surface area (Å²) >= 11 is 1.96. The molecule has 0 aromatic carbocycles. The lowest BCUT2D eigenvalue weighted by Gasteiger charge is -2.16. The van der Waals surface area contributed by atoms with Crippen molar-refractivity contribution in [2.45, 2.75) is 45.6 Å². The molecule has 0 heterocycles. The van der Waals surface area contributed by atoms with Crippen molar-refractivity contribution in [2.24, 2.45) is 5.41 Å². The second-order valence-corrected chi connectivity index (χ2v) is 6.15. The van der Waals surface area contributed by atoms with E-state index in [-0.39, 0.29) is 11.4 Å². The quantitative estimate of drug-likeness (QED) is 0.646. The lowest BCUT2D eigenvalue weighted by molar-refractivity contribution is -0.141. The molecule has 0 saturated heterocycles. The van der Waals surface area contributed by atoms with Gasteiger partial charge in [-0.05, 0) is 43.9 Å². The van der Waals surface area contributed by atoms with Crippen LogP contribution in [0.3, 0.4) is 0 Å². The van der Waals surface area contributed by atoms with Crippen molar-refractivity contribution in [1.82, 2.24) is 5.32 Å². The van der Waals surface area contributed by atoms with Crippen LogP contribution in [0, 0.1) is 5.41 Å². The van der Waals surface area contributed by atoms with Crippen LogP contribution in [0.1, 0.15) is 39.5 Å². The second-order valence-electron chi connectivity index (χ2n) is 5.12. The van der Waals surface area contributed by atoms with Gasteiger partial charge in [-0.2, -0.15) is 11.8 Å². The Morgan fingerprint density at radius 1 is 1.53 bits per heavy atom. The van der Waals surface area contributed by atoms with E-state index < -0.39 is 0 Å². The summed E-state index contributed by atoms with van der Waals surface area (Å²) in [5.41, 5.74) is 0.266. The Bertz CT molecular complexity index is 242. The molecule has 0 aromatic heterocycles. The fourth-order valence-electron chi connectivity index (χ4n) is 1.83. The Morgan fingerprint density at radius 3 is 2.76 bits per heavy atom. The molecular formula is C13H25NO2S. The summed E-state index contributed by atoms with van der Waals surface area (Å²) in [5.74, 6) is 2.17. The molecule has 0 bridgehead atoms. The molecule has 1 aliphatic rings. The first-order valence-electron chi connectivity index (χ1n) is 6.50. The normalized spacial score (nSPS) is 18.8. The number of methoxy groups -OCH3 is 1. The Labute approximate surface area is 109 Å². The van der Waals surface area contributed by atoms with Gasteiger partial charge < -0.3 is 10.1 Å². The van der Waals surface area contributed by atoms with Gasteiger partial charge in [0.25, 0.3) is 0 Å². The van der Waals surface area contributed by atoms with Crippen molar-refractivity contribution in [3.05, 3.63) is 0 Å². The summed E-state index contributed by atoms with van der Waals surface area (Å²) in [7, 11) is 1.47. The van der Waals surface area contributed by atoms with Crippen LogP contribution >= 0.6 is 11.8 Å². The van der Waals surface area contributed by atoms with E-state index in [4.69, 9.17) is 4.74 Å². The fraction of sp³-hybridized carbons (Fsp3) is 0.923. The molecule has 1 fully saturated rings. The molecule has 0 aromatic rings. The summed E-state index contributed by atoms with van der Waals surface area (Å²) in [5, 5.41) is 3.48. The third-order valence-electron chi connectivity index (χ3n) is 3.22. The number of hydrogen-bond donors (Lipinski definition) is 1. The minimum Gasteiger partial charge on any atom is -0.469 e. The molecule has 0 spiro atoms. The Morgan fingerprint density at radius 2 is 2.24 bits per heavy atom. The van der Waals surface area contributed by atoms with Gasteiger partial charge >= 0.3 is 5.97 Å². The molecule has 1 saturated carbocycles. The topological polar surface area (TPSA) is 38.3 Å². The molecular weight excluding hydrogens is 234 g/mol. The standard InChI is InChI=1S/C13H25NO2S/c1-4-7-14-11(2)9-17-10-13(5-6-13)8-12(15)16-3/h11,14H,4-10H2,1-3H3. The monoisotopic (exact) mass is 259 g/mol. The number of nitrogens with one attached hydrogen (secondary N) is 1. The number of hydrogen-bond acceptors (Lipinski definition) is 4. The van der Waals surface area contributed by atoms with E-state index in [1.165, 1.54) is 26.4 Å². The SMILES string of the molecule is CCCNC(C)CSCC1(CC(=O)OC)CC1. The Kier molecular flexibility index (Phi) is 6.34. The highest BCUT2D eigenvalue weighted by atomic mass is 32.2. The first-order chi connectivity index (χ1) is 8.12. The maximum absolute atomic E-state index is 11.3. The van der Waals surface area contributed by atoms with Crippen LogP contribution in [0.4, 0.5) is 0 Å². The van der Waals surface area contributed by atoms with Gasteiger partial charge in [-0.15, -0.1) is 0 Å². The third-order valence-corrected chi connectivity index (χ3v) is 4.78. The van der Waals surface area contributed by atoms with E-state index in [2.05, 4.69) is 19.2 Å². The molecule has 1 atom stereocenters. The molecule has 1 N–H and O–H groups in total. The highest BCUT2D eigenvalue weighted by Gasteiger charge is 2.44. The third kappa shape index (κ3) is 5.77. The van der Waals surface area contributed by atoms with Crippen molar-refractivity contribution in [2.75, 3.05) is 25.2 Å². The van der Waals surface area contributed by atoms with E-state index in [0.717, 1.165) is 18.1 Å². The fourth-order valence-corrected chi connectivity index (χ4v) is 3.24. The van der Waals surface area contributed by atoms with Crippen LogP contribution in [0.2, 0.25) is 0 Å². The highest BCUT2D eigenvalue weighted by Crippen LogP contribution is 2.51.